The van der Waals surface area contributed by atoms with Crippen LogP contribution in [0.3, 0.4) is 0 Å². The third-order valence-electron chi connectivity index (χ3n) is 3.68. The third kappa shape index (κ3) is 2.73. The Morgan fingerprint density at radius 1 is 1.04 bits per heavy atom. The van der Waals surface area contributed by atoms with E-state index in [1.165, 1.54) is 11.3 Å². The van der Waals surface area contributed by atoms with Crippen LogP contribution in [0.4, 0.5) is 5.13 Å². The average molecular weight is 373 g/mol. The molecule has 6 heteroatoms. The number of benzene rings is 3. The fourth-order valence-electron chi connectivity index (χ4n) is 2.55. The monoisotopic (exact) mass is 372 g/mol. The van der Waals surface area contributed by atoms with E-state index in [2.05, 4.69) is 16.4 Å². The predicted molar refractivity (Wildman–Crippen MR) is 102 cm³/mol. The number of hydrogen-bond acceptors (Lipinski definition) is 3. The Kier molecular flexibility index (Phi) is 3.88. The van der Waals surface area contributed by atoms with Crippen LogP contribution < -0.4 is 5.32 Å². The van der Waals surface area contributed by atoms with Gasteiger partial charge in [0.25, 0.3) is 5.91 Å². The Hall–Kier alpha value is -2.14. The first-order valence-corrected chi connectivity index (χ1v) is 8.74. The molecule has 0 saturated carbocycles. The van der Waals surface area contributed by atoms with Gasteiger partial charge >= 0.3 is 0 Å². The Balaban J connectivity index is 1.72. The van der Waals surface area contributed by atoms with Gasteiger partial charge in [-0.05, 0) is 29.7 Å². The summed E-state index contributed by atoms with van der Waals surface area (Å²) >= 11 is 13.4. The molecule has 1 amide bonds. The van der Waals surface area contributed by atoms with Gasteiger partial charge in [0, 0.05) is 10.4 Å². The van der Waals surface area contributed by atoms with Crippen molar-refractivity contribution in [2.45, 2.75) is 0 Å². The van der Waals surface area contributed by atoms with Crippen LogP contribution in [0.5, 0.6) is 0 Å². The topological polar surface area (TPSA) is 42.0 Å². The molecule has 0 aliphatic heterocycles. The number of fused-ring (bicyclic) bond motifs is 3. The fraction of sp³-hybridized carbons (Fsp3) is 0. The molecule has 0 aliphatic carbocycles. The summed E-state index contributed by atoms with van der Waals surface area (Å²) in [6.07, 6.45) is 0. The summed E-state index contributed by atoms with van der Waals surface area (Å²) in [5.74, 6) is -0.306. The number of hydrogen-bond donors (Lipinski definition) is 1. The van der Waals surface area contributed by atoms with Crippen molar-refractivity contribution in [3.63, 3.8) is 0 Å². The van der Waals surface area contributed by atoms with Crippen LogP contribution in [0.1, 0.15) is 10.4 Å². The van der Waals surface area contributed by atoms with Crippen LogP contribution in [0.2, 0.25) is 10.0 Å². The van der Waals surface area contributed by atoms with Crippen molar-refractivity contribution in [2.75, 3.05) is 5.32 Å². The number of rotatable bonds is 2. The lowest BCUT2D eigenvalue weighted by atomic mass is 10.1. The van der Waals surface area contributed by atoms with Crippen molar-refractivity contribution >= 4 is 66.6 Å². The van der Waals surface area contributed by atoms with Gasteiger partial charge in [-0.25, -0.2) is 4.98 Å². The summed E-state index contributed by atoms with van der Waals surface area (Å²) in [7, 11) is 0. The summed E-state index contributed by atoms with van der Waals surface area (Å²) in [6.45, 7) is 0. The van der Waals surface area contributed by atoms with Crippen molar-refractivity contribution < 1.29 is 4.79 Å². The maximum Gasteiger partial charge on any atom is 0.258 e. The lowest BCUT2D eigenvalue weighted by Gasteiger charge is -2.04. The van der Waals surface area contributed by atoms with E-state index in [1.807, 2.05) is 30.3 Å². The molecule has 0 spiro atoms. The predicted octanol–water partition coefficient (Wildman–Crippen LogP) is 6.01. The first kappa shape index (κ1) is 15.4. The van der Waals surface area contributed by atoms with Crippen molar-refractivity contribution in [2.24, 2.45) is 0 Å². The van der Waals surface area contributed by atoms with Crippen LogP contribution in [0, 0.1) is 0 Å². The zero-order chi connectivity index (χ0) is 16.7. The van der Waals surface area contributed by atoms with Crippen molar-refractivity contribution in [1.29, 1.82) is 0 Å². The second-order valence-corrected chi connectivity index (χ2v) is 7.11. The molecule has 24 heavy (non-hydrogen) atoms. The molecule has 0 atom stereocenters. The molecule has 0 unspecified atom stereocenters. The molecule has 3 aromatic carbocycles. The maximum absolute atomic E-state index is 12.4. The molecule has 4 aromatic rings. The summed E-state index contributed by atoms with van der Waals surface area (Å²) in [5, 5.41) is 6.34. The summed E-state index contributed by atoms with van der Waals surface area (Å²) in [6, 6.07) is 16.9. The molecule has 4 rings (SSSR count). The van der Waals surface area contributed by atoms with Crippen LogP contribution >= 0.6 is 34.5 Å². The zero-order valence-corrected chi connectivity index (χ0v) is 14.5. The van der Waals surface area contributed by atoms with Gasteiger partial charge in [0.05, 0.1) is 20.8 Å². The lowest BCUT2D eigenvalue weighted by molar-refractivity contribution is 0.102. The molecule has 0 saturated heterocycles. The lowest BCUT2D eigenvalue weighted by Crippen LogP contribution is -2.12. The highest BCUT2D eigenvalue weighted by molar-refractivity contribution is 7.22. The van der Waals surface area contributed by atoms with E-state index in [1.54, 1.807) is 18.2 Å². The summed E-state index contributed by atoms with van der Waals surface area (Å²) in [4.78, 5) is 17.0. The Morgan fingerprint density at radius 3 is 2.71 bits per heavy atom. The van der Waals surface area contributed by atoms with Gasteiger partial charge in [-0.2, -0.15) is 0 Å². The second kappa shape index (κ2) is 6.06. The minimum absolute atomic E-state index is 0.306. The smallest absolute Gasteiger partial charge is 0.258 e. The van der Waals surface area contributed by atoms with Gasteiger partial charge < -0.3 is 0 Å². The highest BCUT2D eigenvalue weighted by atomic mass is 35.5. The number of anilines is 1. The van der Waals surface area contributed by atoms with Crippen molar-refractivity contribution in [3.05, 3.63) is 70.2 Å². The Labute approximate surface area is 151 Å². The van der Waals surface area contributed by atoms with Crippen molar-refractivity contribution in [1.82, 2.24) is 4.98 Å². The van der Waals surface area contributed by atoms with Gasteiger partial charge in [0.1, 0.15) is 0 Å². The molecule has 0 bridgehead atoms. The quantitative estimate of drug-likeness (QED) is 0.468. The van der Waals surface area contributed by atoms with E-state index in [0.717, 1.165) is 21.0 Å². The average Bonchev–Trinajstić information content (AvgIpc) is 2.97. The van der Waals surface area contributed by atoms with Crippen LogP contribution in [-0.4, -0.2) is 10.9 Å². The summed E-state index contributed by atoms with van der Waals surface area (Å²) < 4.78 is 1.02. The summed E-state index contributed by atoms with van der Waals surface area (Å²) in [5.41, 5.74) is 1.25. The minimum atomic E-state index is -0.306. The molecule has 0 aliphatic rings. The Morgan fingerprint density at radius 2 is 1.88 bits per heavy atom. The van der Waals surface area contributed by atoms with Gasteiger partial charge in [-0.15, -0.1) is 0 Å². The molecule has 3 nitrogen and oxygen atoms in total. The molecule has 1 aromatic heterocycles. The molecule has 0 fully saturated rings. The molecule has 118 valence electrons. The first-order valence-electron chi connectivity index (χ1n) is 7.16. The highest BCUT2D eigenvalue weighted by Crippen LogP contribution is 2.32. The van der Waals surface area contributed by atoms with Gasteiger partial charge in [0.2, 0.25) is 0 Å². The third-order valence-corrected chi connectivity index (χ3v) is 5.16. The number of carbonyl (C=O) groups excluding carboxylic acids is 1. The van der Waals surface area contributed by atoms with E-state index >= 15 is 0 Å². The van der Waals surface area contributed by atoms with Crippen LogP contribution in [0.25, 0.3) is 21.0 Å². The SMILES string of the molecule is O=C(Nc1nc2c(ccc3ccccc32)s1)c1ccc(Cl)cc1Cl. The van der Waals surface area contributed by atoms with Gasteiger partial charge in [0.15, 0.2) is 5.13 Å². The highest BCUT2D eigenvalue weighted by Gasteiger charge is 2.14. The van der Waals surface area contributed by atoms with E-state index in [9.17, 15) is 4.79 Å². The van der Waals surface area contributed by atoms with Gasteiger partial charge in [-0.1, -0.05) is 64.9 Å². The Bertz CT molecular complexity index is 1090. The fourth-order valence-corrected chi connectivity index (χ4v) is 3.92. The van der Waals surface area contributed by atoms with E-state index in [4.69, 9.17) is 23.2 Å². The standard InChI is InChI=1S/C18H10Cl2N2OS/c19-11-6-7-13(14(20)9-11)17(23)22-18-21-16-12-4-2-1-3-10(12)5-8-15(16)24-18/h1-9H,(H,21,22,23). The number of amides is 1. The number of carbonyl (C=O) groups is 1. The van der Waals surface area contributed by atoms with Crippen LogP contribution in [-0.2, 0) is 0 Å². The largest absolute Gasteiger partial charge is 0.298 e. The maximum atomic E-state index is 12.4. The molecular weight excluding hydrogens is 363 g/mol. The minimum Gasteiger partial charge on any atom is -0.298 e. The number of nitrogens with zero attached hydrogens (tertiary/aromatic N) is 1. The normalized spacial score (nSPS) is 11.1. The van der Waals surface area contributed by atoms with E-state index in [-0.39, 0.29) is 5.91 Å². The number of aromatic nitrogens is 1. The van der Waals surface area contributed by atoms with E-state index in [0.29, 0.717) is 20.7 Å². The van der Waals surface area contributed by atoms with E-state index < -0.39 is 0 Å². The van der Waals surface area contributed by atoms with Gasteiger partial charge in [-0.3, -0.25) is 10.1 Å². The molecule has 1 N–H and O–H groups in total. The number of halogens is 2. The number of nitrogens with one attached hydrogen (secondary N) is 1. The molecule has 0 radical (unpaired) electrons. The zero-order valence-electron chi connectivity index (χ0n) is 12.2. The first-order chi connectivity index (χ1) is 11.6. The second-order valence-electron chi connectivity index (χ2n) is 5.23. The van der Waals surface area contributed by atoms with Crippen LogP contribution in [0.15, 0.2) is 54.6 Å². The molecular formula is C18H10Cl2N2OS. The molecule has 1 heterocycles. The number of thiazole rings is 1. The van der Waals surface area contributed by atoms with Crippen molar-refractivity contribution in [3.8, 4) is 0 Å².